The first-order chi connectivity index (χ1) is 9.17. The maximum absolute atomic E-state index is 12.1. The lowest BCUT2D eigenvalue weighted by Gasteiger charge is -2.20. The summed E-state index contributed by atoms with van der Waals surface area (Å²) in [5.41, 5.74) is 7.57. The topological polar surface area (TPSA) is 55.6 Å². The van der Waals surface area contributed by atoms with Crippen molar-refractivity contribution in [3.05, 3.63) is 29.8 Å². The van der Waals surface area contributed by atoms with Gasteiger partial charge in [0.2, 0.25) is 5.91 Å². The van der Waals surface area contributed by atoms with Gasteiger partial charge in [0.1, 0.15) is 0 Å². The predicted octanol–water partition coefficient (Wildman–Crippen LogP) is 2.09. The van der Waals surface area contributed by atoms with Gasteiger partial charge in [-0.1, -0.05) is 12.1 Å². The zero-order chi connectivity index (χ0) is 14.1. The van der Waals surface area contributed by atoms with Crippen LogP contribution in [0.2, 0.25) is 0 Å². The van der Waals surface area contributed by atoms with Crippen LogP contribution in [0.15, 0.2) is 24.3 Å². The van der Waals surface area contributed by atoms with Gasteiger partial charge in [0.25, 0.3) is 0 Å². The molecule has 0 radical (unpaired) electrons. The summed E-state index contributed by atoms with van der Waals surface area (Å²) in [5, 5.41) is 0. The Morgan fingerprint density at radius 1 is 1.37 bits per heavy atom. The summed E-state index contributed by atoms with van der Waals surface area (Å²) in [6.45, 7) is 6.63. The molecule has 0 bridgehead atoms. The molecule has 0 saturated carbocycles. The van der Waals surface area contributed by atoms with Crippen LogP contribution in [0.5, 0.6) is 0 Å². The second-order valence-corrected chi connectivity index (χ2v) is 4.42. The molecule has 0 aliphatic carbocycles. The third kappa shape index (κ3) is 5.75. The zero-order valence-corrected chi connectivity index (χ0v) is 11.9. The van der Waals surface area contributed by atoms with E-state index in [9.17, 15) is 4.79 Å². The maximum Gasteiger partial charge on any atom is 0.222 e. The molecule has 1 amide bonds. The van der Waals surface area contributed by atoms with E-state index in [1.165, 1.54) is 0 Å². The van der Waals surface area contributed by atoms with Crippen LogP contribution in [0, 0.1) is 0 Å². The van der Waals surface area contributed by atoms with Gasteiger partial charge in [-0.15, -0.1) is 0 Å². The molecule has 2 N–H and O–H groups in total. The van der Waals surface area contributed by atoms with Gasteiger partial charge in [-0.3, -0.25) is 4.79 Å². The summed E-state index contributed by atoms with van der Waals surface area (Å²) < 4.78 is 5.28. The Labute approximate surface area is 115 Å². The summed E-state index contributed by atoms with van der Waals surface area (Å²) in [7, 11) is 0. The molecule has 4 heteroatoms. The lowest BCUT2D eigenvalue weighted by atomic mass is 10.1. The Hall–Kier alpha value is -1.55. The second-order valence-electron chi connectivity index (χ2n) is 4.42. The number of nitrogens with two attached hydrogens (primary N) is 1. The molecule has 0 unspecified atom stereocenters. The van der Waals surface area contributed by atoms with Gasteiger partial charge in [-0.2, -0.15) is 0 Å². The molecule has 0 aromatic heterocycles. The highest BCUT2D eigenvalue weighted by Gasteiger charge is 2.11. The van der Waals surface area contributed by atoms with E-state index in [0.29, 0.717) is 26.2 Å². The number of likely N-dealkylation sites (N-methyl/N-ethyl adjacent to an activating group) is 1. The second kappa shape index (κ2) is 8.53. The molecule has 0 aliphatic heterocycles. The minimum absolute atomic E-state index is 0.171. The number of nitrogen functional groups attached to an aromatic ring is 1. The number of ether oxygens (including phenoxy) is 1. The van der Waals surface area contributed by atoms with Gasteiger partial charge in [0.15, 0.2) is 0 Å². The number of carbonyl (C=O) groups is 1. The number of hydrogen-bond donors (Lipinski definition) is 1. The lowest BCUT2D eigenvalue weighted by molar-refractivity contribution is -0.131. The highest BCUT2D eigenvalue weighted by Crippen LogP contribution is 2.09. The van der Waals surface area contributed by atoms with Crippen molar-refractivity contribution in [1.29, 1.82) is 0 Å². The van der Waals surface area contributed by atoms with Crippen molar-refractivity contribution in [1.82, 2.24) is 4.90 Å². The molecule has 1 rings (SSSR count). The minimum atomic E-state index is 0.171. The normalized spacial score (nSPS) is 10.4. The number of amides is 1. The Bertz CT molecular complexity index is 393. The van der Waals surface area contributed by atoms with Crippen molar-refractivity contribution in [2.45, 2.75) is 26.7 Å². The lowest BCUT2D eigenvalue weighted by Crippen LogP contribution is -2.34. The summed E-state index contributed by atoms with van der Waals surface area (Å²) in [6.07, 6.45) is 1.25. The minimum Gasteiger partial charge on any atom is -0.399 e. The molecule has 1 aromatic carbocycles. The first-order valence-electron chi connectivity index (χ1n) is 6.87. The van der Waals surface area contributed by atoms with E-state index in [2.05, 4.69) is 0 Å². The highest BCUT2D eigenvalue weighted by molar-refractivity contribution is 5.76. The molecule has 1 aromatic rings. The average Bonchev–Trinajstić information content (AvgIpc) is 2.41. The fourth-order valence-electron chi connectivity index (χ4n) is 1.94. The molecule has 0 aliphatic rings. The third-order valence-electron chi connectivity index (χ3n) is 3.02. The van der Waals surface area contributed by atoms with E-state index in [4.69, 9.17) is 10.5 Å². The van der Waals surface area contributed by atoms with Gasteiger partial charge >= 0.3 is 0 Å². The fraction of sp³-hybridized carbons (Fsp3) is 0.533. The van der Waals surface area contributed by atoms with Crippen molar-refractivity contribution >= 4 is 11.6 Å². The van der Waals surface area contributed by atoms with Crippen LogP contribution >= 0.6 is 0 Å². The monoisotopic (exact) mass is 264 g/mol. The van der Waals surface area contributed by atoms with E-state index in [1.807, 2.05) is 43.0 Å². The molecule has 4 nitrogen and oxygen atoms in total. The quantitative estimate of drug-likeness (QED) is 0.578. The first-order valence-corrected chi connectivity index (χ1v) is 6.87. The maximum atomic E-state index is 12.1. The molecule has 106 valence electrons. The van der Waals surface area contributed by atoms with Crippen molar-refractivity contribution in [3.63, 3.8) is 0 Å². The van der Waals surface area contributed by atoms with Gasteiger partial charge in [-0.25, -0.2) is 0 Å². The Kier molecular flexibility index (Phi) is 6.97. The fourth-order valence-corrected chi connectivity index (χ4v) is 1.94. The number of hydrogen-bond acceptors (Lipinski definition) is 3. The molecule has 0 spiro atoms. The van der Waals surface area contributed by atoms with Crippen molar-refractivity contribution in [2.24, 2.45) is 0 Å². The van der Waals surface area contributed by atoms with Gasteiger partial charge in [-0.05, 0) is 38.0 Å². The van der Waals surface area contributed by atoms with Crippen molar-refractivity contribution in [3.8, 4) is 0 Å². The van der Waals surface area contributed by atoms with E-state index in [-0.39, 0.29) is 5.91 Å². The highest BCUT2D eigenvalue weighted by atomic mass is 16.5. The zero-order valence-electron chi connectivity index (χ0n) is 11.9. The Balaban J connectivity index is 2.40. The summed E-state index contributed by atoms with van der Waals surface area (Å²) in [6, 6.07) is 7.69. The molecular formula is C15H24N2O2. The largest absolute Gasteiger partial charge is 0.399 e. The summed E-state index contributed by atoms with van der Waals surface area (Å²) in [4.78, 5) is 13.9. The Morgan fingerprint density at radius 3 is 2.79 bits per heavy atom. The van der Waals surface area contributed by atoms with Gasteiger partial charge in [0.05, 0.1) is 6.61 Å². The third-order valence-corrected chi connectivity index (χ3v) is 3.02. The molecule has 0 heterocycles. The van der Waals surface area contributed by atoms with Crippen LogP contribution in [0.1, 0.15) is 25.8 Å². The van der Waals surface area contributed by atoms with Crippen LogP contribution in [0.4, 0.5) is 5.69 Å². The predicted molar refractivity (Wildman–Crippen MR) is 77.9 cm³/mol. The smallest absolute Gasteiger partial charge is 0.222 e. The van der Waals surface area contributed by atoms with E-state index in [0.717, 1.165) is 24.2 Å². The number of nitrogens with zero attached hydrogens (tertiary/aromatic N) is 1. The molecule has 0 atom stereocenters. The number of rotatable bonds is 8. The van der Waals surface area contributed by atoms with E-state index >= 15 is 0 Å². The number of benzene rings is 1. The molecule has 0 saturated heterocycles. The molecular weight excluding hydrogens is 240 g/mol. The van der Waals surface area contributed by atoms with Gasteiger partial charge < -0.3 is 15.4 Å². The van der Waals surface area contributed by atoms with E-state index < -0.39 is 0 Å². The van der Waals surface area contributed by atoms with Crippen LogP contribution in [0.3, 0.4) is 0 Å². The summed E-state index contributed by atoms with van der Waals surface area (Å²) in [5.74, 6) is 0.171. The van der Waals surface area contributed by atoms with Crippen LogP contribution < -0.4 is 5.73 Å². The van der Waals surface area contributed by atoms with Gasteiger partial charge in [0, 0.05) is 31.8 Å². The number of anilines is 1. The van der Waals surface area contributed by atoms with Crippen LogP contribution in [-0.4, -0.2) is 37.1 Å². The number of carbonyl (C=O) groups excluding carboxylic acids is 1. The summed E-state index contributed by atoms with van der Waals surface area (Å²) >= 11 is 0. The standard InChI is InChI=1S/C15H24N2O2/c1-3-17(10-11-19-4-2)15(18)9-8-13-6-5-7-14(16)12-13/h5-7,12H,3-4,8-11,16H2,1-2H3. The Morgan fingerprint density at radius 2 is 2.16 bits per heavy atom. The van der Waals surface area contributed by atoms with Crippen molar-refractivity contribution in [2.75, 3.05) is 32.0 Å². The van der Waals surface area contributed by atoms with Crippen molar-refractivity contribution < 1.29 is 9.53 Å². The van der Waals surface area contributed by atoms with Crippen LogP contribution in [-0.2, 0) is 16.0 Å². The SMILES string of the molecule is CCOCCN(CC)C(=O)CCc1cccc(N)c1. The van der Waals surface area contributed by atoms with E-state index in [1.54, 1.807) is 0 Å². The first kappa shape index (κ1) is 15.5. The molecule has 19 heavy (non-hydrogen) atoms. The van der Waals surface area contributed by atoms with Crippen LogP contribution in [0.25, 0.3) is 0 Å². The number of aryl methyl sites for hydroxylation is 1. The molecule has 0 fully saturated rings. The average molecular weight is 264 g/mol.